The molecule has 0 saturated heterocycles. The monoisotopic (exact) mass is 346 g/mol. The first-order valence-corrected chi connectivity index (χ1v) is 8.94. The third kappa shape index (κ3) is 3.96. The van der Waals surface area contributed by atoms with Gasteiger partial charge >= 0.3 is 0 Å². The predicted octanol–water partition coefficient (Wildman–Crippen LogP) is 5.51. The van der Waals surface area contributed by atoms with Crippen LogP contribution in [0.15, 0.2) is 47.1 Å². The molecule has 0 amide bonds. The van der Waals surface area contributed by atoms with Gasteiger partial charge in [0.15, 0.2) is 5.11 Å². The summed E-state index contributed by atoms with van der Waals surface area (Å²) < 4.78 is 19.0. The van der Waals surface area contributed by atoms with Crippen molar-refractivity contribution in [1.29, 1.82) is 0 Å². The molecule has 0 bridgehead atoms. The van der Waals surface area contributed by atoms with Crippen LogP contribution in [0, 0.1) is 5.82 Å². The molecule has 3 rings (SSSR count). The Balaban J connectivity index is 1.81. The number of nitrogens with one attached hydrogen (secondary N) is 1. The van der Waals surface area contributed by atoms with Gasteiger partial charge in [0.1, 0.15) is 11.6 Å². The second-order valence-corrected chi connectivity index (χ2v) is 6.72. The molecule has 24 heavy (non-hydrogen) atoms. The maximum Gasteiger partial charge on any atom is 0.174 e. The fourth-order valence-electron chi connectivity index (χ4n) is 3.44. The van der Waals surface area contributed by atoms with Crippen molar-refractivity contribution < 1.29 is 8.81 Å². The van der Waals surface area contributed by atoms with E-state index in [0.717, 1.165) is 18.6 Å². The Bertz CT molecular complexity index is 668. The van der Waals surface area contributed by atoms with Gasteiger partial charge in [-0.25, -0.2) is 4.39 Å². The number of furan rings is 1. The molecule has 1 N–H and O–H groups in total. The molecule has 1 heterocycles. The van der Waals surface area contributed by atoms with Gasteiger partial charge < -0.3 is 14.6 Å². The van der Waals surface area contributed by atoms with E-state index in [1.165, 1.54) is 31.4 Å². The Morgan fingerprint density at radius 1 is 1.25 bits per heavy atom. The molecule has 1 unspecified atom stereocenters. The maximum atomic E-state index is 13.4. The van der Waals surface area contributed by atoms with E-state index in [9.17, 15) is 4.39 Å². The maximum absolute atomic E-state index is 13.4. The number of benzene rings is 1. The molecule has 1 fully saturated rings. The van der Waals surface area contributed by atoms with E-state index in [0.29, 0.717) is 16.8 Å². The van der Waals surface area contributed by atoms with Gasteiger partial charge in [0.05, 0.1) is 12.3 Å². The lowest BCUT2D eigenvalue weighted by Gasteiger charge is -2.39. The molecule has 1 atom stereocenters. The average molecular weight is 346 g/mol. The summed E-state index contributed by atoms with van der Waals surface area (Å²) in [4.78, 5) is 2.22. The largest absolute Gasteiger partial charge is 0.467 e. The molecule has 0 spiro atoms. The Morgan fingerprint density at radius 3 is 2.71 bits per heavy atom. The predicted molar refractivity (Wildman–Crippen MR) is 98.5 cm³/mol. The van der Waals surface area contributed by atoms with Gasteiger partial charge in [-0.05, 0) is 62.3 Å². The van der Waals surface area contributed by atoms with Crippen molar-refractivity contribution in [2.75, 3.05) is 5.32 Å². The summed E-state index contributed by atoms with van der Waals surface area (Å²) in [7, 11) is 0. The molecular formula is C19H23FN2OS. The summed E-state index contributed by atoms with van der Waals surface area (Å²) in [6.45, 7) is 2.10. The molecule has 1 aromatic carbocycles. The van der Waals surface area contributed by atoms with Crippen molar-refractivity contribution >= 4 is 23.0 Å². The summed E-state index contributed by atoms with van der Waals surface area (Å²) in [5.41, 5.74) is 0.674. The van der Waals surface area contributed by atoms with Crippen molar-refractivity contribution in [1.82, 2.24) is 4.90 Å². The third-order valence-electron chi connectivity index (χ3n) is 4.65. The van der Waals surface area contributed by atoms with Gasteiger partial charge in [0.25, 0.3) is 0 Å². The second-order valence-electron chi connectivity index (χ2n) is 6.33. The number of anilines is 1. The quantitative estimate of drug-likeness (QED) is 0.739. The zero-order valence-electron chi connectivity index (χ0n) is 13.9. The molecule has 0 aliphatic heterocycles. The average Bonchev–Trinajstić information content (AvgIpc) is 3.10. The molecule has 1 aromatic heterocycles. The third-order valence-corrected chi connectivity index (χ3v) is 4.96. The minimum Gasteiger partial charge on any atom is -0.467 e. The van der Waals surface area contributed by atoms with Crippen molar-refractivity contribution in [2.24, 2.45) is 0 Å². The number of thiocarbonyl (C=S) groups is 1. The van der Waals surface area contributed by atoms with Gasteiger partial charge in [0, 0.05) is 11.7 Å². The highest BCUT2D eigenvalue weighted by Gasteiger charge is 2.29. The Morgan fingerprint density at radius 2 is 2.04 bits per heavy atom. The summed E-state index contributed by atoms with van der Waals surface area (Å²) in [6.07, 6.45) is 7.65. The van der Waals surface area contributed by atoms with E-state index < -0.39 is 0 Å². The lowest BCUT2D eigenvalue weighted by Crippen LogP contribution is -2.45. The SMILES string of the molecule is CC(c1ccco1)N(C(=S)Nc1cccc(F)c1)C1CCCCC1. The first-order valence-electron chi connectivity index (χ1n) is 8.53. The zero-order chi connectivity index (χ0) is 16.9. The first kappa shape index (κ1) is 17.0. The van der Waals surface area contributed by atoms with Crippen LogP contribution in [0.25, 0.3) is 0 Å². The van der Waals surface area contributed by atoms with E-state index in [-0.39, 0.29) is 11.9 Å². The van der Waals surface area contributed by atoms with Crippen LogP contribution in [0.5, 0.6) is 0 Å². The highest BCUT2D eigenvalue weighted by atomic mass is 32.1. The van der Waals surface area contributed by atoms with Crippen LogP contribution < -0.4 is 5.32 Å². The molecule has 1 saturated carbocycles. The Kier molecular flexibility index (Phi) is 5.51. The number of hydrogen-bond acceptors (Lipinski definition) is 2. The minimum atomic E-state index is -0.272. The molecular weight excluding hydrogens is 323 g/mol. The molecule has 2 aromatic rings. The Labute approximate surface area is 147 Å². The normalized spacial score (nSPS) is 16.6. The van der Waals surface area contributed by atoms with Crippen LogP contribution in [0.1, 0.15) is 50.8 Å². The van der Waals surface area contributed by atoms with E-state index in [1.54, 1.807) is 12.3 Å². The molecule has 3 nitrogen and oxygen atoms in total. The highest BCUT2D eigenvalue weighted by Crippen LogP contribution is 2.31. The first-order chi connectivity index (χ1) is 11.6. The topological polar surface area (TPSA) is 28.4 Å². The van der Waals surface area contributed by atoms with E-state index in [1.807, 2.05) is 18.2 Å². The molecule has 1 aliphatic carbocycles. The smallest absolute Gasteiger partial charge is 0.174 e. The van der Waals surface area contributed by atoms with Gasteiger partial charge in [-0.1, -0.05) is 25.3 Å². The molecule has 5 heteroatoms. The zero-order valence-corrected chi connectivity index (χ0v) is 14.7. The van der Waals surface area contributed by atoms with Gasteiger partial charge in [-0.3, -0.25) is 0 Å². The number of rotatable bonds is 4. The van der Waals surface area contributed by atoms with Crippen molar-refractivity contribution in [3.05, 3.63) is 54.2 Å². The standard InChI is InChI=1S/C19H23FN2OS/c1-14(18-11-6-12-23-18)22(17-9-3-2-4-10-17)19(24)21-16-8-5-7-15(20)13-16/h5-8,11-14,17H,2-4,9-10H2,1H3,(H,21,24). The van der Waals surface area contributed by atoms with Crippen LogP contribution in [0.4, 0.5) is 10.1 Å². The van der Waals surface area contributed by atoms with Crippen LogP contribution in [0.3, 0.4) is 0 Å². The van der Waals surface area contributed by atoms with Gasteiger partial charge in [0.2, 0.25) is 0 Å². The summed E-state index contributed by atoms with van der Waals surface area (Å²) >= 11 is 5.68. The summed E-state index contributed by atoms with van der Waals surface area (Å²) in [5, 5.41) is 3.82. The van der Waals surface area contributed by atoms with Gasteiger partial charge in [-0.15, -0.1) is 0 Å². The molecule has 1 aliphatic rings. The van der Waals surface area contributed by atoms with E-state index in [2.05, 4.69) is 17.1 Å². The minimum absolute atomic E-state index is 0.0386. The Hall–Kier alpha value is -1.88. The summed E-state index contributed by atoms with van der Waals surface area (Å²) in [6, 6.07) is 10.7. The van der Waals surface area contributed by atoms with Crippen molar-refractivity contribution in [3.63, 3.8) is 0 Å². The lowest BCUT2D eigenvalue weighted by atomic mass is 9.93. The molecule has 0 radical (unpaired) electrons. The second kappa shape index (κ2) is 7.79. The van der Waals surface area contributed by atoms with Gasteiger partial charge in [-0.2, -0.15) is 0 Å². The van der Waals surface area contributed by atoms with Crippen LogP contribution in [0.2, 0.25) is 0 Å². The number of hydrogen-bond donors (Lipinski definition) is 1. The summed E-state index contributed by atoms with van der Waals surface area (Å²) in [5.74, 6) is 0.620. The van der Waals surface area contributed by atoms with Crippen molar-refractivity contribution in [2.45, 2.75) is 51.1 Å². The fourth-order valence-corrected chi connectivity index (χ4v) is 3.86. The van der Waals surface area contributed by atoms with Crippen LogP contribution in [-0.4, -0.2) is 16.1 Å². The fraction of sp³-hybridized carbons (Fsp3) is 0.421. The highest BCUT2D eigenvalue weighted by molar-refractivity contribution is 7.80. The van der Waals surface area contributed by atoms with E-state index in [4.69, 9.17) is 16.6 Å². The number of nitrogens with zero attached hydrogens (tertiary/aromatic N) is 1. The van der Waals surface area contributed by atoms with Crippen LogP contribution >= 0.6 is 12.2 Å². The molecule has 128 valence electrons. The lowest BCUT2D eigenvalue weighted by molar-refractivity contribution is 0.186. The van der Waals surface area contributed by atoms with E-state index >= 15 is 0 Å². The van der Waals surface area contributed by atoms with Crippen LogP contribution in [-0.2, 0) is 0 Å². The van der Waals surface area contributed by atoms with Crippen molar-refractivity contribution in [3.8, 4) is 0 Å². The number of halogens is 1.